The van der Waals surface area contributed by atoms with E-state index in [1.54, 1.807) is 13.8 Å². The van der Waals surface area contributed by atoms with Gasteiger partial charge in [-0.2, -0.15) is 8.78 Å². The lowest BCUT2D eigenvalue weighted by molar-refractivity contribution is -0.154. The fourth-order valence-electron chi connectivity index (χ4n) is 1.50. The first kappa shape index (κ1) is 14.0. The second kappa shape index (κ2) is 5.53. The van der Waals surface area contributed by atoms with Crippen LogP contribution in [0.2, 0.25) is 0 Å². The van der Waals surface area contributed by atoms with Crippen LogP contribution in [-0.2, 0) is 6.42 Å². The molecular weight excluding hydrogens is 238 g/mol. The molecule has 1 heterocycles. The van der Waals surface area contributed by atoms with Crippen molar-refractivity contribution >= 4 is 0 Å². The van der Waals surface area contributed by atoms with E-state index >= 15 is 0 Å². The van der Waals surface area contributed by atoms with Gasteiger partial charge < -0.3 is 9.73 Å². The van der Waals surface area contributed by atoms with Crippen molar-refractivity contribution in [2.24, 2.45) is 0 Å². The highest BCUT2D eigenvalue weighted by Crippen LogP contribution is 2.37. The highest BCUT2D eigenvalue weighted by molar-refractivity contribution is 5.14. The van der Waals surface area contributed by atoms with Crippen molar-refractivity contribution in [1.82, 2.24) is 5.32 Å². The molecule has 0 aliphatic rings. The van der Waals surface area contributed by atoms with E-state index in [0.717, 1.165) is 0 Å². The number of alkyl halides is 4. The topological polar surface area (TPSA) is 25.2 Å². The Hall–Kier alpha value is -1.04. The van der Waals surface area contributed by atoms with Gasteiger partial charge in [0.15, 0.2) is 0 Å². The maximum atomic E-state index is 13.3. The lowest BCUT2D eigenvalue weighted by Gasteiger charge is -2.25. The summed E-state index contributed by atoms with van der Waals surface area (Å²) in [5, 5.41) is 2.33. The van der Waals surface area contributed by atoms with Gasteiger partial charge in [-0.3, -0.25) is 0 Å². The predicted octanol–water partition coefficient (Wildman–Crippen LogP) is 3.39. The maximum absolute atomic E-state index is 13.3. The van der Waals surface area contributed by atoms with E-state index in [0.29, 0.717) is 12.2 Å². The number of furan rings is 1. The average Bonchev–Trinajstić information content (AvgIpc) is 2.73. The Morgan fingerprint density at radius 2 is 1.94 bits per heavy atom. The molecule has 0 saturated carbocycles. The number of aryl methyl sites for hydroxylation is 1. The average molecular weight is 253 g/mol. The molecule has 0 radical (unpaired) electrons. The van der Waals surface area contributed by atoms with Crippen LogP contribution in [0.1, 0.15) is 31.4 Å². The first-order chi connectivity index (χ1) is 7.93. The Bertz CT molecular complexity index is 351. The van der Waals surface area contributed by atoms with Gasteiger partial charge in [-0.05, 0) is 18.7 Å². The molecule has 0 spiro atoms. The lowest BCUT2D eigenvalue weighted by Crippen LogP contribution is -2.42. The molecule has 1 unspecified atom stereocenters. The normalized spacial score (nSPS) is 14.3. The highest BCUT2D eigenvalue weighted by atomic mass is 19.3. The van der Waals surface area contributed by atoms with Gasteiger partial charge >= 0.3 is 12.3 Å². The Kier molecular flexibility index (Phi) is 4.56. The van der Waals surface area contributed by atoms with Crippen molar-refractivity contribution < 1.29 is 22.0 Å². The second-order valence-electron chi connectivity index (χ2n) is 3.62. The minimum atomic E-state index is -4.15. The van der Waals surface area contributed by atoms with E-state index in [2.05, 4.69) is 5.32 Å². The fourth-order valence-corrected chi connectivity index (χ4v) is 1.50. The third-order valence-corrected chi connectivity index (χ3v) is 2.40. The molecule has 1 rings (SSSR count). The van der Waals surface area contributed by atoms with Gasteiger partial charge in [0, 0.05) is 6.42 Å². The van der Waals surface area contributed by atoms with Crippen LogP contribution in [0.25, 0.3) is 0 Å². The minimum absolute atomic E-state index is 0.148. The van der Waals surface area contributed by atoms with E-state index in [1.165, 1.54) is 12.1 Å². The Morgan fingerprint density at radius 3 is 2.35 bits per heavy atom. The summed E-state index contributed by atoms with van der Waals surface area (Å²) in [4.78, 5) is 0. The Labute approximate surface area is 97.0 Å². The highest BCUT2D eigenvalue weighted by Gasteiger charge is 2.50. The van der Waals surface area contributed by atoms with E-state index < -0.39 is 18.4 Å². The number of hydrogen-bond donors (Lipinski definition) is 1. The van der Waals surface area contributed by atoms with Gasteiger partial charge in [0.2, 0.25) is 0 Å². The van der Waals surface area contributed by atoms with Gasteiger partial charge in [-0.25, -0.2) is 8.78 Å². The van der Waals surface area contributed by atoms with Crippen molar-refractivity contribution in [2.45, 2.75) is 38.7 Å². The Balaban J connectivity index is 3.00. The number of hydrogen-bond acceptors (Lipinski definition) is 2. The Morgan fingerprint density at radius 1 is 1.29 bits per heavy atom. The molecule has 0 fully saturated rings. The summed E-state index contributed by atoms with van der Waals surface area (Å²) in [6.07, 6.45) is -3.21. The minimum Gasteiger partial charge on any atom is -0.464 e. The molecule has 2 nitrogen and oxygen atoms in total. The van der Waals surface area contributed by atoms with Crippen LogP contribution in [0.4, 0.5) is 17.6 Å². The summed E-state index contributed by atoms with van der Waals surface area (Å²) >= 11 is 0. The van der Waals surface area contributed by atoms with E-state index in [9.17, 15) is 17.6 Å². The van der Waals surface area contributed by atoms with Crippen molar-refractivity contribution in [1.29, 1.82) is 0 Å². The number of rotatable bonds is 6. The van der Waals surface area contributed by atoms with Crippen molar-refractivity contribution in [3.63, 3.8) is 0 Å². The van der Waals surface area contributed by atoms with Gasteiger partial charge in [-0.1, -0.05) is 13.8 Å². The van der Waals surface area contributed by atoms with Gasteiger partial charge in [-0.15, -0.1) is 0 Å². The molecular formula is C11H15F4NO. The van der Waals surface area contributed by atoms with Crippen molar-refractivity contribution in [3.8, 4) is 0 Å². The summed E-state index contributed by atoms with van der Waals surface area (Å²) in [6.45, 7) is 3.50. The van der Waals surface area contributed by atoms with Crippen LogP contribution in [0.3, 0.4) is 0 Å². The molecule has 1 atom stereocenters. The predicted molar refractivity (Wildman–Crippen MR) is 55.5 cm³/mol. The summed E-state index contributed by atoms with van der Waals surface area (Å²) in [5.74, 6) is -3.82. The largest absolute Gasteiger partial charge is 0.464 e. The van der Waals surface area contributed by atoms with Crippen LogP contribution in [-0.4, -0.2) is 18.9 Å². The van der Waals surface area contributed by atoms with Gasteiger partial charge in [0.1, 0.15) is 17.6 Å². The monoisotopic (exact) mass is 253 g/mol. The second-order valence-corrected chi connectivity index (χ2v) is 3.62. The van der Waals surface area contributed by atoms with Crippen LogP contribution in [0, 0.1) is 0 Å². The quantitative estimate of drug-likeness (QED) is 0.786. The molecule has 6 heteroatoms. The van der Waals surface area contributed by atoms with E-state index in [1.807, 2.05) is 0 Å². The molecule has 0 saturated heterocycles. The molecule has 17 heavy (non-hydrogen) atoms. The van der Waals surface area contributed by atoms with Crippen molar-refractivity contribution in [3.05, 3.63) is 23.7 Å². The van der Waals surface area contributed by atoms with Crippen LogP contribution in [0.5, 0.6) is 0 Å². The summed E-state index contributed by atoms with van der Waals surface area (Å²) in [5.41, 5.74) is 0. The molecule has 0 bridgehead atoms. The smallest absolute Gasteiger partial charge is 0.329 e. The van der Waals surface area contributed by atoms with Crippen molar-refractivity contribution in [2.75, 3.05) is 6.54 Å². The molecule has 0 aliphatic carbocycles. The van der Waals surface area contributed by atoms with Gasteiger partial charge in [0.25, 0.3) is 0 Å². The standard InChI is InChI=1S/C11H15F4NO/c1-3-7-5-6-8(17-7)9(16-4-2)11(14,15)10(12)13/h5-6,9-10,16H,3-4H2,1-2H3. The van der Waals surface area contributed by atoms with E-state index in [4.69, 9.17) is 4.42 Å². The summed E-state index contributed by atoms with van der Waals surface area (Å²) < 4.78 is 56.4. The lowest BCUT2D eigenvalue weighted by atomic mass is 10.1. The fraction of sp³-hybridized carbons (Fsp3) is 0.636. The molecule has 0 aliphatic heterocycles. The first-order valence-electron chi connectivity index (χ1n) is 5.41. The number of halogens is 4. The first-order valence-corrected chi connectivity index (χ1v) is 5.41. The molecule has 1 aromatic heterocycles. The zero-order chi connectivity index (χ0) is 13.1. The van der Waals surface area contributed by atoms with Gasteiger partial charge in [0.05, 0.1) is 0 Å². The van der Waals surface area contributed by atoms with E-state index in [-0.39, 0.29) is 12.3 Å². The summed E-state index contributed by atoms with van der Waals surface area (Å²) in [7, 11) is 0. The summed E-state index contributed by atoms with van der Waals surface area (Å²) in [6, 6.07) is 1.02. The third kappa shape index (κ3) is 3.00. The molecule has 1 N–H and O–H groups in total. The zero-order valence-corrected chi connectivity index (χ0v) is 9.64. The van der Waals surface area contributed by atoms with Crippen LogP contribution < -0.4 is 5.32 Å². The molecule has 0 aromatic carbocycles. The number of nitrogens with one attached hydrogen (secondary N) is 1. The molecule has 1 aromatic rings. The third-order valence-electron chi connectivity index (χ3n) is 2.40. The zero-order valence-electron chi connectivity index (χ0n) is 9.64. The van der Waals surface area contributed by atoms with Crippen LogP contribution in [0.15, 0.2) is 16.5 Å². The maximum Gasteiger partial charge on any atom is 0.329 e. The molecule has 0 amide bonds. The SMILES string of the molecule is CCNC(c1ccc(CC)o1)C(F)(F)C(F)F. The molecule has 98 valence electrons. The van der Waals surface area contributed by atoms with Crippen LogP contribution >= 0.6 is 0 Å².